The van der Waals surface area contributed by atoms with Gasteiger partial charge in [0.2, 0.25) is 0 Å². The summed E-state index contributed by atoms with van der Waals surface area (Å²) >= 11 is 0. The Morgan fingerprint density at radius 2 is 2.00 bits per heavy atom. The molecule has 0 heterocycles. The third kappa shape index (κ3) is 3.91. The fourth-order valence-corrected chi connectivity index (χ4v) is 2.95. The Morgan fingerprint density at radius 1 is 1.39 bits per heavy atom. The number of unbranched alkanes of at least 4 members (excludes halogenated alkanes) is 1. The molecule has 0 aromatic heterocycles. The van der Waals surface area contributed by atoms with Gasteiger partial charge in [0.1, 0.15) is 11.1 Å². The van der Waals surface area contributed by atoms with Gasteiger partial charge in [0.05, 0.1) is 17.9 Å². The van der Waals surface area contributed by atoms with Crippen molar-refractivity contribution in [3.63, 3.8) is 0 Å². The molecule has 0 spiro atoms. The van der Waals surface area contributed by atoms with E-state index in [1.165, 1.54) is 31.4 Å². The molecule has 0 saturated heterocycles. The molecule has 1 rings (SSSR count). The second-order valence-corrected chi connectivity index (χ2v) is 5.54. The summed E-state index contributed by atoms with van der Waals surface area (Å²) in [5.74, 6) is -0.870. The first-order chi connectivity index (χ1) is 8.60. The van der Waals surface area contributed by atoms with Crippen molar-refractivity contribution in [1.29, 1.82) is 0 Å². The summed E-state index contributed by atoms with van der Waals surface area (Å²) < 4.78 is 29.7. The quantitative estimate of drug-likeness (QED) is 0.748. The number of carbonyl (C=O) groups excluding carboxylic acids is 1. The summed E-state index contributed by atoms with van der Waals surface area (Å²) in [5.41, 5.74) is 0. The molecule has 5 heteroatoms. The van der Waals surface area contributed by atoms with Crippen molar-refractivity contribution < 1.29 is 18.1 Å². The predicted molar refractivity (Wildman–Crippen MR) is 68.1 cm³/mol. The van der Waals surface area contributed by atoms with E-state index in [0.717, 1.165) is 12.8 Å². The van der Waals surface area contributed by atoms with Crippen LogP contribution in [0, 0.1) is 5.82 Å². The molecule has 0 aliphatic heterocycles. The first kappa shape index (κ1) is 14.8. The van der Waals surface area contributed by atoms with Gasteiger partial charge in [-0.05, 0) is 30.7 Å². The Hall–Kier alpha value is -1.23. The predicted octanol–water partition coefficient (Wildman–Crippen LogP) is 2.67. The summed E-state index contributed by atoms with van der Waals surface area (Å²) in [6.45, 7) is 2.00. The van der Waals surface area contributed by atoms with Crippen LogP contribution in [-0.2, 0) is 20.3 Å². The second-order valence-electron chi connectivity index (χ2n) is 3.91. The number of esters is 1. The van der Waals surface area contributed by atoms with Crippen molar-refractivity contribution in [2.75, 3.05) is 7.11 Å². The van der Waals surface area contributed by atoms with Gasteiger partial charge in [-0.3, -0.25) is 9.00 Å². The number of carbonyl (C=O) groups is 1. The van der Waals surface area contributed by atoms with Crippen molar-refractivity contribution in [3.05, 3.63) is 30.1 Å². The van der Waals surface area contributed by atoms with Gasteiger partial charge in [-0.2, -0.15) is 0 Å². The summed E-state index contributed by atoms with van der Waals surface area (Å²) in [6.07, 6.45) is 2.22. The number of methoxy groups -OCH3 is 1. The molecule has 0 saturated carbocycles. The lowest BCUT2D eigenvalue weighted by molar-refractivity contribution is -0.140. The lowest BCUT2D eigenvalue weighted by atomic mass is 10.2. The topological polar surface area (TPSA) is 43.4 Å². The fraction of sp³-hybridized carbons (Fsp3) is 0.462. The van der Waals surface area contributed by atoms with Crippen LogP contribution >= 0.6 is 0 Å². The molecule has 100 valence electrons. The van der Waals surface area contributed by atoms with E-state index in [4.69, 9.17) is 0 Å². The Labute approximate surface area is 109 Å². The minimum Gasteiger partial charge on any atom is -0.468 e. The summed E-state index contributed by atoms with van der Waals surface area (Å²) in [4.78, 5) is 12.1. The SMILES string of the molecule is CCCCC(C(=O)OC)S(=O)c1ccc(F)cc1. The van der Waals surface area contributed by atoms with E-state index in [9.17, 15) is 13.4 Å². The van der Waals surface area contributed by atoms with Crippen LogP contribution < -0.4 is 0 Å². The van der Waals surface area contributed by atoms with Gasteiger partial charge >= 0.3 is 5.97 Å². The monoisotopic (exact) mass is 272 g/mol. The van der Waals surface area contributed by atoms with Gasteiger partial charge in [0.25, 0.3) is 0 Å². The molecular formula is C13H17FO3S. The molecule has 0 aliphatic rings. The van der Waals surface area contributed by atoms with Crippen LogP contribution in [0.5, 0.6) is 0 Å². The lowest BCUT2D eigenvalue weighted by Gasteiger charge is -2.13. The van der Waals surface area contributed by atoms with E-state index < -0.39 is 22.0 Å². The first-order valence-electron chi connectivity index (χ1n) is 5.84. The molecule has 2 unspecified atom stereocenters. The normalized spacial score (nSPS) is 13.9. The molecule has 0 fully saturated rings. The van der Waals surface area contributed by atoms with Crippen LogP contribution in [0.1, 0.15) is 26.2 Å². The van der Waals surface area contributed by atoms with E-state index in [1.54, 1.807) is 0 Å². The van der Waals surface area contributed by atoms with Crippen molar-refractivity contribution in [3.8, 4) is 0 Å². The summed E-state index contributed by atoms with van der Waals surface area (Å²) in [6, 6.07) is 5.35. The molecule has 0 radical (unpaired) electrons. The van der Waals surface area contributed by atoms with E-state index in [1.807, 2.05) is 6.92 Å². The largest absolute Gasteiger partial charge is 0.468 e. The third-order valence-corrected chi connectivity index (χ3v) is 4.27. The molecule has 18 heavy (non-hydrogen) atoms. The molecule has 3 nitrogen and oxygen atoms in total. The van der Waals surface area contributed by atoms with Crippen LogP contribution in [0.3, 0.4) is 0 Å². The van der Waals surface area contributed by atoms with Crippen molar-refractivity contribution >= 4 is 16.8 Å². The minimum absolute atomic E-state index is 0.390. The van der Waals surface area contributed by atoms with Gasteiger partial charge in [0.15, 0.2) is 0 Å². The van der Waals surface area contributed by atoms with Crippen LogP contribution in [0.2, 0.25) is 0 Å². The zero-order valence-corrected chi connectivity index (χ0v) is 11.3. The Bertz CT molecular complexity index is 417. The highest BCUT2D eigenvalue weighted by Crippen LogP contribution is 2.17. The molecular weight excluding hydrogens is 255 g/mol. The smallest absolute Gasteiger partial charge is 0.321 e. The van der Waals surface area contributed by atoms with Gasteiger partial charge in [-0.15, -0.1) is 0 Å². The average molecular weight is 272 g/mol. The molecule has 0 bridgehead atoms. The maximum absolute atomic E-state index is 12.8. The molecule has 0 aliphatic carbocycles. The van der Waals surface area contributed by atoms with Crippen LogP contribution in [0.25, 0.3) is 0 Å². The van der Waals surface area contributed by atoms with Crippen LogP contribution in [-0.4, -0.2) is 22.5 Å². The highest BCUT2D eigenvalue weighted by atomic mass is 32.2. The first-order valence-corrected chi connectivity index (χ1v) is 7.05. The summed E-state index contributed by atoms with van der Waals surface area (Å²) in [5, 5.41) is -0.680. The van der Waals surface area contributed by atoms with Crippen molar-refractivity contribution in [2.24, 2.45) is 0 Å². The van der Waals surface area contributed by atoms with E-state index in [-0.39, 0.29) is 5.82 Å². The minimum atomic E-state index is -1.50. The Kier molecular flexibility index (Phi) is 5.98. The lowest BCUT2D eigenvalue weighted by Crippen LogP contribution is -2.27. The number of ether oxygens (including phenoxy) is 1. The van der Waals surface area contributed by atoms with Crippen molar-refractivity contribution in [1.82, 2.24) is 0 Å². The Balaban J connectivity index is 2.87. The molecule has 0 N–H and O–H groups in total. The number of rotatable bonds is 6. The maximum Gasteiger partial charge on any atom is 0.321 e. The maximum atomic E-state index is 12.8. The van der Waals surface area contributed by atoms with Gasteiger partial charge in [0, 0.05) is 4.90 Å². The number of benzene rings is 1. The van der Waals surface area contributed by atoms with Crippen LogP contribution in [0.4, 0.5) is 4.39 Å². The number of halogens is 1. The number of hydrogen-bond donors (Lipinski definition) is 0. The van der Waals surface area contributed by atoms with E-state index in [0.29, 0.717) is 11.3 Å². The average Bonchev–Trinajstić information content (AvgIpc) is 2.39. The second kappa shape index (κ2) is 7.26. The van der Waals surface area contributed by atoms with Gasteiger partial charge in [-0.1, -0.05) is 19.8 Å². The Morgan fingerprint density at radius 3 is 2.50 bits per heavy atom. The standard InChI is InChI=1S/C13H17FO3S/c1-3-4-5-12(13(15)17-2)18(16)11-8-6-10(14)7-9-11/h6-9,12H,3-5H2,1-2H3. The fourth-order valence-electron chi connectivity index (χ4n) is 1.57. The van der Waals surface area contributed by atoms with Gasteiger partial charge in [-0.25, -0.2) is 4.39 Å². The highest BCUT2D eigenvalue weighted by Gasteiger charge is 2.26. The zero-order valence-electron chi connectivity index (χ0n) is 10.5. The van der Waals surface area contributed by atoms with Crippen LogP contribution in [0.15, 0.2) is 29.2 Å². The molecule has 2 atom stereocenters. The number of hydrogen-bond acceptors (Lipinski definition) is 3. The third-order valence-electron chi connectivity index (χ3n) is 2.59. The molecule has 0 amide bonds. The van der Waals surface area contributed by atoms with Crippen molar-refractivity contribution in [2.45, 2.75) is 36.3 Å². The van der Waals surface area contributed by atoms with Gasteiger partial charge < -0.3 is 4.74 Å². The molecule has 1 aromatic rings. The zero-order chi connectivity index (χ0) is 13.5. The highest BCUT2D eigenvalue weighted by molar-refractivity contribution is 7.86. The summed E-state index contributed by atoms with van der Waals surface area (Å²) in [7, 11) is -0.221. The molecule has 1 aromatic carbocycles. The van der Waals surface area contributed by atoms with E-state index >= 15 is 0 Å². The van der Waals surface area contributed by atoms with E-state index in [2.05, 4.69) is 4.74 Å².